The SMILES string of the molecule is Cc1cc(O)cc(C)c1C[C@@H](NC(=O)[C@H](N)CCCN=C(N)N)C(=O)N[C@H](CCCCN)C(=O)N[C@@H](Cc1ccccc1)C(N)=O. The topological polar surface area (TPSA) is 267 Å². The molecule has 2 rings (SSSR count). The van der Waals surface area contributed by atoms with E-state index in [0.717, 1.165) is 11.1 Å². The summed E-state index contributed by atoms with van der Waals surface area (Å²) in [6.07, 6.45) is 2.27. The Labute approximate surface area is 269 Å². The first-order valence-electron chi connectivity index (χ1n) is 15.4. The predicted molar refractivity (Wildman–Crippen MR) is 177 cm³/mol. The summed E-state index contributed by atoms with van der Waals surface area (Å²) in [7, 11) is 0. The maximum absolute atomic E-state index is 13.8. The number of aryl methyl sites for hydroxylation is 2. The van der Waals surface area contributed by atoms with E-state index in [4.69, 9.17) is 28.7 Å². The fraction of sp³-hybridized carbons (Fsp3) is 0.469. The number of aromatic hydroxyl groups is 1. The molecule has 252 valence electrons. The van der Waals surface area contributed by atoms with Gasteiger partial charge in [-0.05, 0) is 86.9 Å². The molecular formula is C32H49N9O5. The average Bonchev–Trinajstić information content (AvgIpc) is 2.99. The molecule has 46 heavy (non-hydrogen) atoms. The standard InChI is InChI=1S/C32H49N9O5/c1-19-15-22(42)16-20(2)23(19)18-27(41-29(44)24(34)11-8-14-38-32(36)37)31(46)39-25(12-6-7-13-33)30(45)40-26(28(35)43)17-21-9-4-3-5-10-21/h3-5,9-10,15-16,24-27,42H,6-8,11-14,17-18,33-34H2,1-2H3,(H2,35,43)(H,39,46)(H,40,45)(H,41,44)(H4,36,37,38)/t24-,25-,26+,27-/m1/s1. The van der Waals surface area contributed by atoms with Crippen molar-refractivity contribution in [2.75, 3.05) is 13.1 Å². The van der Waals surface area contributed by atoms with Crippen LogP contribution in [-0.4, -0.2) is 72.0 Å². The zero-order chi connectivity index (χ0) is 34.2. The number of nitrogens with two attached hydrogens (primary N) is 5. The second-order valence-corrected chi connectivity index (χ2v) is 11.4. The lowest BCUT2D eigenvalue weighted by Gasteiger charge is -2.26. The van der Waals surface area contributed by atoms with Gasteiger partial charge >= 0.3 is 0 Å². The van der Waals surface area contributed by atoms with E-state index in [-0.39, 0.29) is 43.9 Å². The Balaban J connectivity index is 2.30. The number of phenolic OH excluding ortho intramolecular Hbond substituents is 1. The van der Waals surface area contributed by atoms with Gasteiger partial charge in [0.2, 0.25) is 23.6 Å². The van der Waals surface area contributed by atoms with Crippen LogP contribution in [0, 0.1) is 13.8 Å². The summed E-state index contributed by atoms with van der Waals surface area (Å²) in [6, 6.07) is 8.07. The summed E-state index contributed by atoms with van der Waals surface area (Å²) in [6.45, 7) is 4.25. The number of primary amides is 1. The highest BCUT2D eigenvalue weighted by atomic mass is 16.3. The van der Waals surface area contributed by atoms with Crippen LogP contribution >= 0.6 is 0 Å². The molecule has 14 heteroatoms. The fourth-order valence-electron chi connectivity index (χ4n) is 5.01. The fourth-order valence-corrected chi connectivity index (χ4v) is 5.01. The van der Waals surface area contributed by atoms with Gasteiger partial charge in [-0.1, -0.05) is 30.3 Å². The number of hydrogen-bond donors (Lipinski definition) is 9. The molecule has 14 nitrogen and oxygen atoms in total. The zero-order valence-corrected chi connectivity index (χ0v) is 26.6. The molecule has 0 fully saturated rings. The third-order valence-corrected chi connectivity index (χ3v) is 7.55. The van der Waals surface area contributed by atoms with Crippen molar-refractivity contribution in [3.05, 3.63) is 64.7 Å². The molecule has 2 aromatic carbocycles. The van der Waals surface area contributed by atoms with Gasteiger partial charge in [-0.3, -0.25) is 24.2 Å². The molecule has 4 amide bonds. The third kappa shape index (κ3) is 12.7. The lowest BCUT2D eigenvalue weighted by Crippen LogP contribution is -2.58. The van der Waals surface area contributed by atoms with Crippen molar-refractivity contribution in [2.45, 2.75) is 83.0 Å². The Morgan fingerprint density at radius 2 is 1.37 bits per heavy atom. The van der Waals surface area contributed by atoms with E-state index in [0.29, 0.717) is 36.9 Å². The van der Waals surface area contributed by atoms with Crippen molar-refractivity contribution >= 4 is 29.6 Å². The molecule has 0 aliphatic heterocycles. The number of hydrogen-bond acceptors (Lipinski definition) is 8. The van der Waals surface area contributed by atoms with Gasteiger partial charge in [0.1, 0.15) is 23.9 Å². The van der Waals surface area contributed by atoms with Gasteiger partial charge in [-0.2, -0.15) is 0 Å². The molecule has 2 aromatic rings. The number of aliphatic imine (C=N–C) groups is 1. The Hall–Kier alpha value is -4.69. The zero-order valence-electron chi connectivity index (χ0n) is 26.6. The first-order valence-corrected chi connectivity index (χ1v) is 15.4. The van der Waals surface area contributed by atoms with Crippen LogP contribution in [0.2, 0.25) is 0 Å². The molecule has 0 spiro atoms. The van der Waals surface area contributed by atoms with Gasteiger partial charge in [0.15, 0.2) is 5.96 Å². The molecule has 0 saturated heterocycles. The van der Waals surface area contributed by atoms with Crippen LogP contribution in [0.1, 0.15) is 54.4 Å². The van der Waals surface area contributed by atoms with E-state index in [1.165, 1.54) is 0 Å². The van der Waals surface area contributed by atoms with Gasteiger partial charge in [-0.15, -0.1) is 0 Å². The number of carbonyl (C=O) groups excluding carboxylic acids is 4. The van der Waals surface area contributed by atoms with Crippen molar-refractivity contribution in [2.24, 2.45) is 33.7 Å². The van der Waals surface area contributed by atoms with Crippen molar-refractivity contribution in [1.29, 1.82) is 0 Å². The lowest BCUT2D eigenvalue weighted by atomic mass is 9.95. The van der Waals surface area contributed by atoms with Gasteiger partial charge in [0, 0.05) is 19.4 Å². The molecule has 0 unspecified atom stereocenters. The first kappa shape index (κ1) is 37.5. The van der Waals surface area contributed by atoms with E-state index in [2.05, 4.69) is 20.9 Å². The molecule has 0 saturated carbocycles. The van der Waals surface area contributed by atoms with Gasteiger partial charge < -0.3 is 49.7 Å². The van der Waals surface area contributed by atoms with E-state index >= 15 is 0 Å². The van der Waals surface area contributed by atoms with E-state index in [1.807, 2.05) is 30.3 Å². The molecule has 0 bridgehead atoms. The summed E-state index contributed by atoms with van der Waals surface area (Å²) in [5, 5.41) is 18.2. The number of rotatable bonds is 19. The van der Waals surface area contributed by atoms with Gasteiger partial charge in [0.25, 0.3) is 0 Å². The Bertz CT molecular complexity index is 1330. The lowest BCUT2D eigenvalue weighted by molar-refractivity contribution is -0.133. The van der Waals surface area contributed by atoms with Crippen LogP contribution < -0.4 is 44.6 Å². The van der Waals surface area contributed by atoms with E-state index in [9.17, 15) is 24.3 Å². The van der Waals surface area contributed by atoms with Gasteiger partial charge in [-0.25, -0.2) is 0 Å². The van der Waals surface area contributed by atoms with Crippen molar-refractivity contribution in [3.63, 3.8) is 0 Å². The van der Waals surface area contributed by atoms with Crippen LogP contribution in [-0.2, 0) is 32.0 Å². The molecule has 0 aromatic heterocycles. The summed E-state index contributed by atoms with van der Waals surface area (Å²) in [5.41, 5.74) is 31.1. The Kier molecular flexibility index (Phi) is 15.5. The van der Waals surface area contributed by atoms with E-state index in [1.54, 1.807) is 26.0 Å². The summed E-state index contributed by atoms with van der Waals surface area (Å²) in [5.74, 6) is -2.51. The van der Waals surface area contributed by atoms with Crippen molar-refractivity contribution in [1.82, 2.24) is 16.0 Å². The largest absolute Gasteiger partial charge is 0.508 e. The van der Waals surface area contributed by atoms with Crippen LogP contribution in [0.4, 0.5) is 0 Å². The molecule has 0 aliphatic rings. The predicted octanol–water partition coefficient (Wildman–Crippen LogP) is -0.756. The maximum Gasteiger partial charge on any atom is 0.243 e. The van der Waals surface area contributed by atoms with Crippen molar-refractivity contribution < 1.29 is 24.3 Å². The average molecular weight is 640 g/mol. The number of unbranched alkanes of at least 4 members (excludes halogenated alkanes) is 1. The Morgan fingerprint density at radius 1 is 0.783 bits per heavy atom. The second-order valence-electron chi connectivity index (χ2n) is 11.4. The van der Waals surface area contributed by atoms with Crippen molar-refractivity contribution in [3.8, 4) is 5.75 Å². The highest BCUT2D eigenvalue weighted by molar-refractivity contribution is 5.94. The maximum atomic E-state index is 13.8. The quantitative estimate of drug-likeness (QED) is 0.0530. The molecule has 0 heterocycles. The van der Waals surface area contributed by atoms with Gasteiger partial charge in [0.05, 0.1) is 6.04 Å². The highest BCUT2D eigenvalue weighted by Crippen LogP contribution is 2.22. The summed E-state index contributed by atoms with van der Waals surface area (Å²) >= 11 is 0. The second kappa shape index (κ2) is 19.0. The number of nitrogens with one attached hydrogen (secondary N) is 3. The minimum absolute atomic E-state index is 0.0608. The van der Waals surface area contributed by atoms with Crippen LogP contribution in [0.15, 0.2) is 47.5 Å². The highest BCUT2D eigenvalue weighted by Gasteiger charge is 2.30. The number of nitrogens with zero attached hydrogens (tertiary/aromatic N) is 1. The number of guanidine groups is 1. The number of benzene rings is 2. The normalized spacial score (nSPS) is 13.5. The minimum atomic E-state index is -1.13. The number of phenols is 1. The molecule has 14 N–H and O–H groups in total. The van der Waals surface area contributed by atoms with Crippen LogP contribution in [0.3, 0.4) is 0 Å². The summed E-state index contributed by atoms with van der Waals surface area (Å²) < 4.78 is 0. The number of carbonyl (C=O) groups is 4. The summed E-state index contributed by atoms with van der Waals surface area (Å²) in [4.78, 5) is 56.6. The molecular weight excluding hydrogens is 590 g/mol. The molecule has 0 aliphatic carbocycles. The monoisotopic (exact) mass is 639 g/mol. The minimum Gasteiger partial charge on any atom is -0.508 e. The van der Waals surface area contributed by atoms with E-state index < -0.39 is 47.8 Å². The Morgan fingerprint density at radius 3 is 1.96 bits per heavy atom. The smallest absolute Gasteiger partial charge is 0.243 e. The number of amides is 4. The first-order chi connectivity index (χ1) is 21.8. The molecule has 0 radical (unpaired) electrons. The van der Waals surface area contributed by atoms with Crippen LogP contribution in [0.25, 0.3) is 0 Å². The van der Waals surface area contributed by atoms with Crippen LogP contribution in [0.5, 0.6) is 5.75 Å². The third-order valence-electron chi connectivity index (χ3n) is 7.55. The molecule has 4 atom stereocenters.